The van der Waals surface area contributed by atoms with Gasteiger partial charge in [-0.25, -0.2) is 12.8 Å². The molecule has 4 nitrogen and oxygen atoms in total. The summed E-state index contributed by atoms with van der Waals surface area (Å²) in [4.78, 5) is 0.137. The van der Waals surface area contributed by atoms with E-state index in [4.69, 9.17) is 4.74 Å². The summed E-state index contributed by atoms with van der Waals surface area (Å²) in [6, 6.07) is 11.7. The van der Waals surface area contributed by atoms with E-state index in [-0.39, 0.29) is 16.3 Å². The largest absolute Gasteiger partial charge is 0.494 e. The smallest absolute Gasteiger partial charge is 0.261 e. The highest BCUT2D eigenvalue weighted by atomic mass is 32.2. The molecule has 0 aromatic heterocycles. The van der Waals surface area contributed by atoms with Crippen molar-refractivity contribution in [1.29, 1.82) is 0 Å². The van der Waals surface area contributed by atoms with E-state index in [1.54, 1.807) is 18.2 Å². The van der Waals surface area contributed by atoms with E-state index in [0.717, 1.165) is 6.07 Å². The Morgan fingerprint density at radius 2 is 1.79 bits per heavy atom. The van der Waals surface area contributed by atoms with Gasteiger partial charge in [-0.2, -0.15) is 0 Å². The van der Waals surface area contributed by atoms with Crippen LogP contribution in [0.1, 0.15) is 0 Å². The predicted molar refractivity (Wildman–Crippen MR) is 70.2 cm³/mol. The fourth-order valence-electron chi connectivity index (χ4n) is 1.54. The van der Waals surface area contributed by atoms with Crippen molar-refractivity contribution < 1.29 is 17.5 Å². The molecular formula is C13H12FNO3S. The van der Waals surface area contributed by atoms with Crippen LogP contribution in [0.25, 0.3) is 0 Å². The van der Waals surface area contributed by atoms with Crippen LogP contribution < -0.4 is 9.46 Å². The van der Waals surface area contributed by atoms with Crippen LogP contribution in [-0.2, 0) is 10.0 Å². The fraction of sp³-hybridized carbons (Fsp3) is 0.0769. The zero-order valence-electron chi connectivity index (χ0n) is 10.1. The maximum atomic E-state index is 13.2. The van der Waals surface area contributed by atoms with E-state index in [1.807, 2.05) is 0 Å². The van der Waals surface area contributed by atoms with Gasteiger partial charge >= 0.3 is 0 Å². The molecule has 0 bridgehead atoms. The zero-order valence-corrected chi connectivity index (χ0v) is 10.9. The first-order valence-electron chi connectivity index (χ1n) is 5.44. The topological polar surface area (TPSA) is 55.4 Å². The lowest BCUT2D eigenvalue weighted by atomic mass is 10.3. The lowest BCUT2D eigenvalue weighted by Crippen LogP contribution is -2.12. The van der Waals surface area contributed by atoms with Crippen molar-refractivity contribution in [2.45, 2.75) is 4.90 Å². The molecule has 0 aliphatic heterocycles. The summed E-state index contributed by atoms with van der Waals surface area (Å²) in [5, 5.41) is 0. The number of anilines is 1. The third kappa shape index (κ3) is 3.03. The molecule has 0 amide bonds. The number of ether oxygens (including phenoxy) is 1. The van der Waals surface area contributed by atoms with Gasteiger partial charge in [-0.05, 0) is 24.3 Å². The second-order valence-corrected chi connectivity index (χ2v) is 5.45. The van der Waals surface area contributed by atoms with Crippen LogP contribution in [0.4, 0.5) is 10.1 Å². The van der Waals surface area contributed by atoms with Crippen LogP contribution in [0.3, 0.4) is 0 Å². The van der Waals surface area contributed by atoms with Gasteiger partial charge in [-0.15, -0.1) is 0 Å². The minimum atomic E-state index is -3.68. The van der Waals surface area contributed by atoms with Gasteiger partial charge in [-0.1, -0.05) is 18.2 Å². The SMILES string of the molecule is COc1cc(NS(=O)(=O)c2ccccc2)ccc1F. The Balaban J connectivity index is 2.31. The molecule has 0 spiro atoms. The molecule has 2 rings (SSSR count). The van der Waals surface area contributed by atoms with Gasteiger partial charge in [0.05, 0.1) is 17.7 Å². The highest BCUT2D eigenvalue weighted by Crippen LogP contribution is 2.23. The molecule has 0 aliphatic rings. The first-order chi connectivity index (χ1) is 9.03. The second-order valence-electron chi connectivity index (χ2n) is 3.77. The maximum absolute atomic E-state index is 13.2. The number of hydrogen-bond donors (Lipinski definition) is 1. The van der Waals surface area contributed by atoms with E-state index in [2.05, 4.69) is 4.72 Å². The number of methoxy groups -OCH3 is 1. The van der Waals surface area contributed by atoms with Gasteiger partial charge in [0.25, 0.3) is 10.0 Å². The van der Waals surface area contributed by atoms with Crippen molar-refractivity contribution in [2.24, 2.45) is 0 Å². The highest BCUT2D eigenvalue weighted by Gasteiger charge is 2.14. The second kappa shape index (κ2) is 5.27. The van der Waals surface area contributed by atoms with Crippen molar-refractivity contribution in [3.63, 3.8) is 0 Å². The minimum Gasteiger partial charge on any atom is -0.494 e. The van der Waals surface area contributed by atoms with Crippen LogP contribution in [0, 0.1) is 5.82 Å². The van der Waals surface area contributed by atoms with Gasteiger partial charge in [0.1, 0.15) is 0 Å². The predicted octanol–water partition coefficient (Wildman–Crippen LogP) is 2.64. The molecule has 0 heterocycles. The Morgan fingerprint density at radius 3 is 2.42 bits per heavy atom. The number of sulfonamides is 1. The van der Waals surface area contributed by atoms with E-state index < -0.39 is 15.8 Å². The van der Waals surface area contributed by atoms with Gasteiger partial charge in [0, 0.05) is 6.07 Å². The van der Waals surface area contributed by atoms with E-state index in [1.165, 1.54) is 31.4 Å². The summed E-state index contributed by atoms with van der Waals surface area (Å²) in [6.45, 7) is 0. The maximum Gasteiger partial charge on any atom is 0.261 e. The van der Waals surface area contributed by atoms with Gasteiger partial charge < -0.3 is 4.74 Å². The average molecular weight is 281 g/mol. The molecule has 0 saturated carbocycles. The zero-order chi connectivity index (χ0) is 13.9. The highest BCUT2D eigenvalue weighted by molar-refractivity contribution is 7.92. The average Bonchev–Trinajstić information content (AvgIpc) is 2.42. The Kier molecular flexibility index (Phi) is 3.71. The molecule has 0 fully saturated rings. The van der Waals surface area contributed by atoms with E-state index in [9.17, 15) is 12.8 Å². The summed E-state index contributed by atoms with van der Waals surface area (Å²) in [5.41, 5.74) is 0.238. The van der Waals surface area contributed by atoms with Crippen molar-refractivity contribution in [2.75, 3.05) is 11.8 Å². The third-order valence-corrected chi connectivity index (χ3v) is 3.85. The quantitative estimate of drug-likeness (QED) is 0.937. The lowest BCUT2D eigenvalue weighted by molar-refractivity contribution is 0.387. The summed E-state index contributed by atoms with van der Waals surface area (Å²) >= 11 is 0. The molecule has 0 saturated heterocycles. The van der Waals surface area contributed by atoms with E-state index >= 15 is 0 Å². The molecule has 2 aromatic rings. The summed E-state index contributed by atoms with van der Waals surface area (Å²) < 4.78 is 44.5. The normalized spacial score (nSPS) is 11.1. The Labute approximate surface area is 110 Å². The van der Waals surface area contributed by atoms with Crippen molar-refractivity contribution in [1.82, 2.24) is 0 Å². The molecule has 19 heavy (non-hydrogen) atoms. The first kappa shape index (κ1) is 13.4. The van der Waals surface area contributed by atoms with Crippen LogP contribution >= 0.6 is 0 Å². The number of hydrogen-bond acceptors (Lipinski definition) is 3. The minimum absolute atomic E-state index is 0.0201. The Hall–Kier alpha value is -2.08. The summed E-state index contributed by atoms with van der Waals surface area (Å²) in [6.07, 6.45) is 0. The molecule has 0 atom stereocenters. The molecule has 1 N–H and O–H groups in total. The molecule has 100 valence electrons. The van der Waals surface area contributed by atoms with Crippen molar-refractivity contribution >= 4 is 15.7 Å². The molecule has 2 aromatic carbocycles. The molecule has 0 radical (unpaired) electrons. The van der Waals surface area contributed by atoms with Crippen molar-refractivity contribution in [3.05, 3.63) is 54.3 Å². The standard InChI is InChI=1S/C13H12FNO3S/c1-18-13-9-10(7-8-12(13)14)15-19(16,17)11-5-3-2-4-6-11/h2-9,15H,1H3. The van der Waals surface area contributed by atoms with Gasteiger partial charge in [0.2, 0.25) is 0 Å². The summed E-state index contributed by atoms with van der Waals surface area (Å²) in [7, 11) is -2.37. The number of benzene rings is 2. The third-order valence-electron chi connectivity index (χ3n) is 2.46. The Morgan fingerprint density at radius 1 is 1.11 bits per heavy atom. The molecular weight excluding hydrogens is 269 g/mol. The lowest BCUT2D eigenvalue weighted by Gasteiger charge is -2.09. The fourth-order valence-corrected chi connectivity index (χ4v) is 2.61. The van der Waals surface area contributed by atoms with Crippen LogP contribution in [0.2, 0.25) is 0 Å². The van der Waals surface area contributed by atoms with Crippen molar-refractivity contribution in [3.8, 4) is 5.75 Å². The molecule has 0 unspecified atom stereocenters. The summed E-state index contributed by atoms with van der Waals surface area (Å²) in [5.74, 6) is -0.571. The van der Waals surface area contributed by atoms with E-state index in [0.29, 0.717) is 0 Å². The van der Waals surface area contributed by atoms with Crippen LogP contribution in [0.5, 0.6) is 5.75 Å². The van der Waals surface area contributed by atoms with Gasteiger partial charge in [-0.3, -0.25) is 4.72 Å². The molecule has 0 aliphatic carbocycles. The first-order valence-corrected chi connectivity index (χ1v) is 6.92. The number of nitrogens with one attached hydrogen (secondary N) is 1. The number of halogens is 1. The van der Waals surface area contributed by atoms with Gasteiger partial charge in [0.15, 0.2) is 11.6 Å². The monoisotopic (exact) mass is 281 g/mol. The Bertz CT molecular complexity index is 672. The van der Waals surface area contributed by atoms with Crippen LogP contribution in [0.15, 0.2) is 53.4 Å². The van der Waals surface area contributed by atoms with Crippen LogP contribution in [-0.4, -0.2) is 15.5 Å². The molecule has 6 heteroatoms. The number of rotatable bonds is 4.